The van der Waals surface area contributed by atoms with Crippen molar-refractivity contribution in [2.24, 2.45) is 0 Å². The van der Waals surface area contributed by atoms with E-state index in [0.29, 0.717) is 0 Å². The van der Waals surface area contributed by atoms with Crippen LogP contribution in [-0.4, -0.2) is 0 Å². The van der Waals surface area contributed by atoms with Gasteiger partial charge in [0.2, 0.25) is 0 Å². The Morgan fingerprint density at radius 1 is 0.520 bits per heavy atom. The molecule has 0 heteroatoms. The summed E-state index contributed by atoms with van der Waals surface area (Å²) in [7, 11) is 0. The molecule has 0 aliphatic heterocycles. The fraction of sp³-hybridized carbons (Fsp3) is 0.120. The van der Waals surface area contributed by atoms with Crippen LogP contribution in [0.3, 0.4) is 0 Å². The molecule has 3 aromatic carbocycles. The van der Waals surface area contributed by atoms with Gasteiger partial charge >= 0.3 is 0 Å². The second-order valence-electron chi connectivity index (χ2n) is 6.21. The molecular formula is C25H20. The molecule has 0 nitrogen and oxygen atoms in total. The van der Waals surface area contributed by atoms with Gasteiger partial charge in [-0.1, -0.05) is 59.6 Å². The number of rotatable bonds is 0. The average molecular weight is 320 g/mol. The summed E-state index contributed by atoms with van der Waals surface area (Å²) in [6.45, 7) is 6.26. The van der Waals surface area contributed by atoms with Crippen LogP contribution >= 0.6 is 0 Å². The Balaban J connectivity index is 1.88. The van der Waals surface area contributed by atoms with Crippen LogP contribution in [0.1, 0.15) is 38.9 Å². The fourth-order valence-electron chi connectivity index (χ4n) is 2.52. The summed E-state index contributed by atoms with van der Waals surface area (Å²) >= 11 is 0. The van der Waals surface area contributed by atoms with Crippen molar-refractivity contribution >= 4 is 0 Å². The monoisotopic (exact) mass is 320 g/mol. The van der Waals surface area contributed by atoms with E-state index in [9.17, 15) is 0 Å². The first-order chi connectivity index (χ1) is 12.1. The van der Waals surface area contributed by atoms with E-state index in [1.165, 1.54) is 5.56 Å². The normalized spacial score (nSPS) is 9.56. The number of hydrogen-bond acceptors (Lipinski definition) is 0. The zero-order valence-corrected chi connectivity index (χ0v) is 14.9. The van der Waals surface area contributed by atoms with Crippen molar-refractivity contribution in [1.82, 2.24) is 0 Å². The Labute approximate surface area is 150 Å². The number of benzene rings is 3. The Bertz CT molecular complexity index is 999. The lowest BCUT2D eigenvalue weighted by atomic mass is 10.00. The Hall–Kier alpha value is -3.22. The average Bonchev–Trinajstić information content (AvgIpc) is 2.63. The van der Waals surface area contributed by atoms with E-state index in [2.05, 4.69) is 80.9 Å². The summed E-state index contributed by atoms with van der Waals surface area (Å²) in [6, 6.07) is 22.6. The maximum Gasteiger partial charge on any atom is 0.0281 e. The van der Waals surface area contributed by atoms with Crippen LogP contribution in [0.2, 0.25) is 0 Å². The topological polar surface area (TPSA) is 0 Å². The van der Waals surface area contributed by atoms with Crippen LogP contribution in [0.15, 0.2) is 66.7 Å². The van der Waals surface area contributed by atoms with Crippen LogP contribution in [0.4, 0.5) is 0 Å². The van der Waals surface area contributed by atoms with Crippen molar-refractivity contribution in [3.8, 4) is 23.7 Å². The maximum absolute atomic E-state index is 3.29. The van der Waals surface area contributed by atoms with Crippen molar-refractivity contribution in [2.45, 2.75) is 20.8 Å². The van der Waals surface area contributed by atoms with Crippen LogP contribution in [0, 0.1) is 44.5 Å². The van der Waals surface area contributed by atoms with E-state index >= 15 is 0 Å². The van der Waals surface area contributed by atoms with E-state index in [4.69, 9.17) is 0 Å². The quantitative estimate of drug-likeness (QED) is 0.486. The lowest BCUT2D eigenvalue weighted by molar-refractivity contribution is 1.35. The molecule has 3 rings (SSSR count). The summed E-state index contributed by atoms with van der Waals surface area (Å²) in [6.07, 6.45) is 0. The Morgan fingerprint density at radius 3 is 1.52 bits per heavy atom. The predicted octanol–water partition coefficient (Wildman–Crippen LogP) is 5.41. The summed E-state index contributed by atoms with van der Waals surface area (Å²) in [4.78, 5) is 0. The molecule has 0 fully saturated rings. The van der Waals surface area contributed by atoms with Gasteiger partial charge in [-0.2, -0.15) is 0 Å². The first kappa shape index (κ1) is 16.6. The van der Waals surface area contributed by atoms with Gasteiger partial charge in [0.05, 0.1) is 0 Å². The summed E-state index contributed by atoms with van der Waals surface area (Å²) in [5.41, 5.74) is 7.74. The zero-order chi connectivity index (χ0) is 17.6. The van der Waals surface area contributed by atoms with Gasteiger partial charge in [0, 0.05) is 22.3 Å². The van der Waals surface area contributed by atoms with Crippen LogP contribution < -0.4 is 0 Å². The Kier molecular flexibility index (Phi) is 5.03. The summed E-state index contributed by atoms with van der Waals surface area (Å²) in [5.74, 6) is 13.0. The molecule has 0 saturated carbocycles. The minimum Gasteiger partial charge on any atom is -0.0622 e. The molecule has 0 heterocycles. The van der Waals surface area contributed by atoms with E-state index in [1.807, 2.05) is 30.3 Å². The highest BCUT2D eigenvalue weighted by atomic mass is 14.0. The molecule has 0 atom stereocenters. The third kappa shape index (κ3) is 4.41. The largest absolute Gasteiger partial charge is 0.0622 e. The lowest BCUT2D eigenvalue weighted by Crippen LogP contribution is -1.90. The lowest BCUT2D eigenvalue weighted by Gasteiger charge is -2.04. The second kappa shape index (κ2) is 7.57. The van der Waals surface area contributed by atoms with E-state index in [-0.39, 0.29) is 0 Å². The fourth-order valence-corrected chi connectivity index (χ4v) is 2.52. The molecule has 3 aromatic rings. The molecule has 0 amide bonds. The maximum atomic E-state index is 3.29. The highest BCUT2D eigenvalue weighted by Crippen LogP contribution is 2.15. The first-order valence-electron chi connectivity index (χ1n) is 8.39. The van der Waals surface area contributed by atoms with Gasteiger partial charge in [-0.05, 0) is 68.3 Å². The molecule has 0 spiro atoms. The molecule has 120 valence electrons. The van der Waals surface area contributed by atoms with Crippen molar-refractivity contribution in [3.05, 3.63) is 106 Å². The second-order valence-corrected chi connectivity index (χ2v) is 6.21. The molecule has 0 aliphatic rings. The smallest absolute Gasteiger partial charge is 0.0281 e. The van der Waals surface area contributed by atoms with E-state index < -0.39 is 0 Å². The van der Waals surface area contributed by atoms with Crippen LogP contribution in [0.25, 0.3) is 0 Å². The highest BCUT2D eigenvalue weighted by molar-refractivity contribution is 5.54. The van der Waals surface area contributed by atoms with Gasteiger partial charge in [0.15, 0.2) is 0 Å². The molecule has 0 radical (unpaired) electrons. The van der Waals surface area contributed by atoms with Gasteiger partial charge in [0.1, 0.15) is 0 Å². The van der Waals surface area contributed by atoms with E-state index in [0.717, 1.165) is 33.4 Å². The van der Waals surface area contributed by atoms with Gasteiger partial charge < -0.3 is 0 Å². The van der Waals surface area contributed by atoms with Crippen LogP contribution in [0.5, 0.6) is 0 Å². The number of aryl methyl sites for hydroxylation is 3. The standard InChI is InChI=1S/C25H20/c1-19-9-11-23(12-10-19)14-16-25-18-20(2)24(17-21(25)3)15-13-22-7-5-4-6-8-22/h4-12,17-18H,1-3H3. The van der Waals surface area contributed by atoms with Crippen molar-refractivity contribution in [3.63, 3.8) is 0 Å². The van der Waals surface area contributed by atoms with E-state index in [1.54, 1.807) is 0 Å². The Morgan fingerprint density at radius 2 is 1.00 bits per heavy atom. The predicted molar refractivity (Wildman–Crippen MR) is 105 cm³/mol. The highest BCUT2D eigenvalue weighted by Gasteiger charge is 2.01. The molecular weight excluding hydrogens is 300 g/mol. The number of hydrogen-bond donors (Lipinski definition) is 0. The molecule has 0 aliphatic carbocycles. The van der Waals surface area contributed by atoms with Gasteiger partial charge in [-0.25, -0.2) is 0 Å². The summed E-state index contributed by atoms with van der Waals surface area (Å²) < 4.78 is 0. The molecule has 0 aromatic heterocycles. The van der Waals surface area contributed by atoms with Crippen molar-refractivity contribution in [2.75, 3.05) is 0 Å². The molecule has 0 bridgehead atoms. The zero-order valence-electron chi connectivity index (χ0n) is 14.9. The molecule has 0 saturated heterocycles. The van der Waals surface area contributed by atoms with Gasteiger partial charge in [0.25, 0.3) is 0 Å². The third-order valence-corrected chi connectivity index (χ3v) is 4.08. The van der Waals surface area contributed by atoms with Gasteiger partial charge in [-0.3, -0.25) is 0 Å². The molecule has 0 N–H and O–H groups in total. The minimum atomic E-state index is 1.03. The minimum absolute atomic E-state index is 1.03. The third-order valence-electron chi connectivity index (χ3n) is 4.08. The van der Waals surface area contributed by atoms with Crippen molar-refractivity contribution in [1.29, 1.82) is 0 Å². The molecule has 0 unspecified atom stereocenters. The molecule has 25 heavy (non-hydrogen) atoms. The van der Waals surface area contributed by atoms with Crippen LogP contribution in [-0.2, 0) is 0 Å². The first-order valence-corrected chi connectivity index (χ1v) is 8.39. The SMILES string of the molecule is Cc1ccc(C#Cc2cc(C)c(C#Cc3ccccc3)cc2C)cc1. The van der Waals surface area contributed by atoms with Crippen molar-refractivity contribution < 1.29 is 0 Å². The van der Waals surface area contributed by atoms with Gasteiger partial charge in [-0.15, -0.1) is 0 Å². The summed E-state index contributed by atoms with van der Waals surface area (Å²) in [5, 5.41) is 0.